The van der Waals surface area contributed by atoms with Crippen LogP contribution in [0.1, 0.15) is 31.0 Å². The van der Waals surface area contributed by atoms with Gasteiger partial charge >= 0.3 is 0 Å². The Morgan fingerprint density at radius 2 is 2.43 bits per heavy atom. The minimum Gasteiger partial charge on any atom is -0.325 e. The van der Waals surface area contributed by atoms with Crippen molar-refractivity contribution in [1.29, 1.82) is 0 Å². The number of aryl methyl sites for hydroxylation is 2. The first-order valence-corrected chi connectivity index (χ1v) is 5.07. The summed E-state index contributed by atoms with van der Waals surface area (Å²) in [5.74, 6) is 0.0461. The van der Waals surface area contributed by atoms with Crippen LogP contribution >= 0.6 is 0 Å². The van der Waals surface area contributed by atoms with Crippen LogP contribution < -0.4 is 5.32 Å². The number of nitrogens with one attached hydrogen (secondary N) is 1. The molecule has 1 aliphatic rings. The maximum Gasteiger partial charge on any atom is 0.224 e. The summed E-state index contributed by atoms with van der Waals surface area (Å²) in [5, 5.41) is 2.82. The fourth-order valence-corrected chi connectivity index (χ4v) is 1.74. The van der Waals surface area contributed by atoms with E-state index in [0.717, 1.165) is 18.5 Å². The van der Waals surface area contributed by atoms with Crippen LogP contribution in [-0.4, -0.2) is 10.9 Å². The summed E-state index contributed by atoms with van der Waals surface area (Å²) in [5.41, 5.74) is 3.32. The molecule has 0 aromatic carbocycles. The van der Waals surface area contributed by atoms with E-state index in [4.69, 9.17) is 0 Å². The zero-order valence-corrected chi connectivity index (χ0v) is 8.34. The maximum absolute atomic E-state index is 11.1. The van der Waals surface area contributed by atoms with E-state index in [0.29, 0.717) is 6.42 Å². The molecule has 0 bridgehead atoms. The Labute approximate surface area is 83.5 Å². The molecule has 1 amide bonds. The zero-order chi connectivity index (χ0) is 9.97. The summed E-state index contributed by atoms with van der Waals surface area (Å²) in [6, 6.07) is 2.04. The Hall–Kier alpha value is -1.38. The van der Waals surface area contributed by atoms with Crippen molar-refractivity contribution in [3.63, 3.8) is 0 Å². The first-order chi connectivity index (χ1) is 6.79. The topological polar surface area (TPSA) is 42.0 Å². The van der Waals surface area contributed by atoms with Crippen molar-refractivity contribution in [1.82, 2.24) is 4.98 Å². The standard InChI is InChI=1S/C11H14N2O/c1-2-11(14)13-9-6-8-4-3-5-10(8)12-7-9/h6-7H,2-5H2,1H3,(H,13,14). The molecule has 0 unspecified atom stereocenters. The van der Waals surface area contributed by atoms with Crippen molar-refractivity contribution in [2.45, 2.75) is 32.6 Å². The number of amides is 1. The van der Waals surface area contributed by atoms with E-state index < -0.39 is 0 Å². The van der Waals surface area contributed by atoms with Gasteiger partial charge in [0.1, 0.15) is 0 Å². The quantitative estimate of drug-likeness (QED) is 0.774. The van der Waals surface area contributed by atoms with Crippen LogP contribution in [0.5, 0.6) is 0 Å². The molecule has 3 heteroatoms. The minimum atomic E-state index is 0.0461. The Balaban J connectivity index is 2.16. The molecule has 0 aliphatic heterocycles. The molecule has 14 heavy (non-hydrogen) atoms. The number of aromatic nitrogens is 1. The van der Waals surface area contributed by atoms with Gasteiger partial charge in [0, 0.05) is 12.1 Å². The SMILES string of the molecule is CCC(=O)Nc1cnc2c(c1)CCC2. The van der Waals surface area contributed by atoms with E-state index in [1.807, 2.05) is 13.0 Å². The highest BCUT2D eigenvalue weighted by molar-refractivity contribution is 5.90. The Morgan fingerprint density at radius 3 is 3.21 bits per heavy atom. The lowest BCUT2D eigenvalue weighted by Gasteiger charge is -2.05. The second-order valence-corrected chi connectivity index (χ2v) is 3.59. The third-order valence-electron chi connectivity index (χ3n) is 2.52. The Morgan fingerprint density at radius 1 is 1.57 bits per heavy atom. The predicted octanol–water partition coefficient (Wildman–Crippen LogP) is 1.92. The van der Waals surface area contributed by atoms with Crippen LogP contribution in [0.4, 0.5) is 5.69 Å². The van der Waals surface area contributed by atoms with Crippen LogP contribution in [0, 0.1) is 0 Å². The number of hydrogen-bond acceptors (Lipinski definition) is 2. The van der Waals surface area contributed by atoms with E-state index in [-0.39, 0.29) is 5.91 Å². The lowest BCUT2D eigenvalue weighted by molar-refractivity contribution is -0.115. The number of nitrogens with zero attached hydrogens (tertiary/aromatic N) is 1. The van der Waals surface area contributed by atoms with E-state index >= 15 is 0 Å². The number of fused-ring (bicyclic) bond motifs is 1. The molecule has 3 nitrogen and oxygen atoms in total. The molecule has 2 rings (SSSR count). The summed E-state index contributed by atoms with van der Waals surface area (Å²) in [6.07, 6.45) is 5.62. The molecular formula is C11H14N2O. The van der Waals surface area contributed by atoms with Crippen molar-refractivity contribution < 1.29 is 4.79 Å². The maximum atomic E-state index is 11.1. The third kappa shape index (κ3) is 1.76. The van der Waals surface area contributed by atoms with Gasteiger partial charge in [-0.25, -0.2) is 0 Å². The molecule has 1 aliphatic carbocycles. The molecular weight excluding hydrogens is 176 g/mol. The van der Waals surface area contributed by atoms with Gasteiger partial charge in [-0.3, -0.25) is 9.78 Å². The second-order valence-electron chi connectivity index (χ2n) is 3.59. The highest BCUT2D eigenvalue weighted by Crippen LogP contribution is 2.22. The first-order valence-electron chi connectivity index (χ1n) is 5.07. The van der Waals surface area contributed by atoms with Crippen LogP contribution in [0.25, 0.3) is 0 Å². The first kappa shape index (κ1) is 9.19. The Kier molecular flexibility index (Phi) is 2.48. The van der Waals surface area contributed by atoms with E-state index in [1.165, 1.54) is 17.7 Å². The van der Waals surface area contributed by atoms with Crippen LogP contribution in [-0.2, 0) is 17.6 Å². The molecule has 0 saturated carbocycles. The van der Waals surface area contributed by atoms with Crippen molar-refractivity contribution in [3.05, 3.63) is 23.5 Å². The van der Waals surface area contributed by atoms with Gasteiger partial charge in [-0.1, -0.05) is 6.92 Å². The highest BCUT2D eigenvalue weighted by atomic mass is 16.1. The lowest BCUT2D eigenvalue weighted by Crippen LogP contribution is -2.10. The van der Waals surface area contributed by atoms with Crippen LogP contribution in [0.3, 0.4) is 0 Å². The normalized spacial score (nSPS) is 13.8. The number of pyridine rings is 1. The van der Waals surface area contributed by atoms with Crippen molar-refractivity contribution in [2.75, 3.05) is 5.32 Å². The fraction of sp³-hybridized carbons (Fsp3) is 0.455. The second kappa shape index (κ2) is 3.78. The molecule has 0 fully saturated rings. The molecule has 1 N–H and O–H groups in total. The molecule has 0 spiro atoms. The lowest BCUT2D eigenvalue weighted by atomic mass is 10.2. The van der Waals surface area contributed by atoms with E-state index in [1.54, 1.807) is 6.20 Å². The molecule has 1 heterocycles. The van der Waals surface area contributed by atoms with Crippen molar-refractivity contribution in [2.24, 2.45) is 0 Å². The summed E-state index contributed by atoms with van der Waals surface area (Å²) >= 11 is 0. The van der Waals surface area contributed by atoms with Gasteiger partial charge in [-0.15, -0.1) is 0 Å². The summed E-state index contributed by atoms with van der Waals surface area (Å²) in [7, 11) is 0. The van der Waals surface area contributed by atoms with Gasteiger partial charge in [0.15, 0.2) is 0 Å². The third-order valence-corrected chi connectivity index (χ3v) is 2.52. The molecule has 74 valence electrons. The monoisotopic (exact) mass is 190 g/mol. The van der Waals surface area contributed by atoms with Crippen LogP contribution in [0.15, 0.2) is 12.3 Å². The smallest absolute Gasteiger partial charge is 0.224 e. The van der Waals surface area contributed by atoms with Crippen LogP contribution in [0.2, 0.25) is 0 Å². The number of carbonyl (C=O) groups is 1. The van der Waals surface area contributed by atoms with Crippen molar-refractivity contribution >= 4 is 11.6 Å². The average molecular weight is 190 g/mol. The molecule has 0 atom stereocenters. The number of carbonyl (C=O) groups excluding carboxylic acids is 1. The van der Waals surface area contributed by atoms with Gasteiger partial charge in [0.2, 0.25) is 5.91 Å². The molecule has 1 aromatic rings. The van der Waals surface area contributed by atoms with Gasteiger partial charge in [0.05, 0.1) is 11.9 Å². The van der Waals surface area contributed by atoms with Gasteiger partial charge in [-0.2, -0.15) is 0 Å². The molecule has 1 aromatic heterocycles. The summed E-state index contributed by atoms with van der Waals surface area (Å²) in [6.45, 7) is 1.84. The number of rotatable bonds is 2. The van der Waals surface area contributed by atoms with E-state index in [2.05, 4.69) is 10.3 Å². The van der Waals surface area contributed by atoms with E-state index in [9.17, 15) is 4.79 Å². The number of anilines is 1. The van der Waals surface area contributed by atoms with Crippen molar-refractivity contribution in [3.8, 4) is 0 Å². The Bertz CT molecular complexity index is 360. The van der Waals surface area contributed by atoms with Gasteiger partial charge in [0.25, 0.3) is 0 Å². The summed E-state index contributed by atoms with van der Waals surface area (Å²) in [4.78, 5) is 15.5. The fourth-order valence-electron chi connectivity index (χ4n) is 1.74. The number of hydrogen-bond donors (Lipinski definition) is 1. The largest absolute Gasteiger partial charge is 0.325 e. The van der Waals surface area contributed by atoms with Gasteiger partial charge in [-0.05, 0) is 30.9 Å². The highest BCUT2D eigenvalue weighted by Gasteiger charge is 2.12. The van der Waals surface area contributed by atoms with Gasteiger partial charge < -0.3 is 5.32 Å². The zero-order valence-electron chi connectivity index (χ0n) is 8.34. The minimum absolute atomic E-state index is 0.0461. The predicted molar refractivity (Wildman–Crippen MR) is 55.2 cm³/mol. The molecule has 0 saturated heterocycles. The average Bonchev–Trinajstić information content (AvgIpc) is 2.64. The summed E-state index contributed by atoms with van der Waals surface area (Å²) < 4.78 is 0. The molecule has 0 radical (unpaired) electrons.